The molecular formula is C26H29N5O4. The molecule has 0 radical (unpaired) electrons. The second-order valence-electron chi connectivity index (χ2n) is 8.59. The Hall–Kier alpha value is -3.98. The number of piperazine rings is 1. The number of rotatable bonds is 7. The van der Waals surface area contributed by atoms with Crippen LogP contribution in [0.5, 0.6) is 11.5 Å². The fourth-order valence-corrected chi connectivity index (χ4v) is 4.61. The van der Waals surface area contributed by atoms with Crippen LogP contribution in [-0.2, 0) is 6.54 Å². The first-order valence-corrected chi connectivity index (χ1v) is 11.7. The van der Waals surface area contributed by atoms with Gasteiger partial charge in [0.15, 0.2) is 0 Å². The van der Waals surface area contributed by atoms with Gasteiger partial charge in [-0.3, -0.25) is 14.3 Å². The van der Waals surface area contributed by atoms with E-state index in [-0.39, 0.29) is 5.56 Å². The lowest BCUT2D eigenvalue weighted by Crippen LogP contribution is -2.48. The first-order chi connectivity index (χ1) is 17.1. The molecule has 2 aromatic heterocycles. The Morgan fingerprint density at radius 3 is 2.31 bits per heavy atom. The topological polar surface area (TPSA) is 95.6 Å². The van der Waals surface area contributed by atoms with Crippen LogP contribution in [0.4, 0.5) is 5.69 Å². The van der Waals surface area contributed by atoms with Crippen molar-refractivity contribution in [3.8, 4) is 22.8 Å². The number of nitrogens with zero attached hydrogens (tertiary/aromatic N) is 3. The summed E-state index contributed by atoms with van der Waals surface area (Å²) in [5.41, 5.74) is 2.96. The molecule has 9 heteroatoms. The van der Waals surface area contributed by atoms with Crippen molar-refractivity contribution in [2.24, 2.45) is 0 Å². The normalized spacial score (nSPS) is 14.4. The zero-order valence-corrected chi connectivity index (χ0v) is 19.9. The number of aromatic nitrogens is 3. The van der Waals surface area contributed by atoms with Gasteiger partial charge in [0.2, 0.25) is 0 Å². The number of aromatic amines is 2. The largest absolute Gasteiger partial charge is 0.497 e. The molecular weight excluding hydrogens is 446 g/mol. The molecule has 0 unspecified atom stereocenters. The first-order valence-electron chi connectivity index (χ1n) is 11.7. The van der Waals surface area contributed by atoms with Gasteiger partial charge < -0.3 is 24.3 Å². The molecule has 9 nitrogen and oxygen atoms in total. The van der Waals surface area contributed by atoms with Crippen LogP contribution in [-0.4, -0.2) is 66.4 Å². The molecule has 0 spiro atoms. The van der Waals surface area contributed by atoms with E-state index in [2.05, 4.69) is 25.8 Å². The van der Waals surface area contributed by atoms with Crippen molar-refractivity contribution in [1.82, 2.24) is 19.4 Å². The minimum Gasteiger partial charge on any atom is -0.497 e. The maximum Gasteiger partial charge on any atom is 0.328 e. The third-order valence-electron chi connectivity index (χ3n) is 6.60. The molecule has 0 bridgehead atoms. The van der Waals surface area contributed by atoms with Crippen LogP contribution in [0, 0.1) is 0 Å². The molecule has 0 atom stereocenters. The van der Waals surface area contributed by atoms with Gasteiger partial charge in [0.05, 0.1) is 25.4 Å². The van der Waals surface area contributed by atoms with Crippen molar-refractivity contribution in [3.63, 3.8) is 0 Å². The number of fused-ring (bicyclic) bond motifs is 1. The van der Waals surface area contributed by atoms with E-state index in [4.69, 9.17) is 9.47 Å². The molecule has 0 saturated carbocycles. The van der Waals surface area contributed by atoms with Crippen molar-refractivity contribution in [2.75, 3.05) is 51.8 Å². The van der Waals surface area contributed by atoms with Gasteiger partial charge in [0.25, 0.3) is 5.56 Å². The Morgan fingerprint density at radius 1 is 0.857 bits per heavy atom. The van der Waals surface area contributed by atoms with Crippen molar-refractivity contribution in [3.05, 3.63) is 75.4 Å². The second-order valence-corrected chi connectivity index (χ2v) is 8.59. The minimum absolute atomic E-state index is 0.309. The fourth-order valence-electron chi connectivity index (χ4n) is 4.61. The maximum absolute atomic E-state index is 13.1. The van der Waals surface area contributed by atoms with Gasteiger partial charge in [-0.2, -0.15) is 0 Å². The molecule has 1 saturated heterocycles. The number of methoxy groups -OCH3 is 2. The third kappa shape index (κ3) is 4.54. The molecule has 2 aromatic carbocycles. The van der Waals surface area contributed by atoms with Gasteiger partial charge in [-0.25, -0.2) is 4.79 Å². The summed E-state index contributed by atoms with van der Waals surface area (Å²) in [5, 5.41) is 0. The number of ether oxygens (including phenoxy) is 2. The molecule has 1 fully saturated rings. The smallest absolute Gasteiger partial charge is 0.328 e. The van der Waals surface area contributed by atoms with E-state index < -0.39 is 5.69 Å². The van der Waals surface area contributed by atoms with Crippen LogP contribution >= 0.6 is 0 Å². The van der Waals surface area contributed by atoms with Gasteiger partial charge in [0, 0.05) is 45.0 Å². The Kier molecular flexibility index (Phi) is 6.33. The Labute approximate surface area is 202 Å². The highest BCUT2D eigenvalue weighted by molar-refractivity contribution is 5.81. The van der Waals surface area contributed by atoms with Crippen LogP contribution < -0.4 is 25.6 Å². The molecule has 3 heterocycles. The third-order valence-corrected chi connectivity index (χ3v) is 6.60. The highest BCUT2D eigenvalue weighted by atomic mass is 16.5. The monoisotopic (exact) mass is 475 g/mol. The van der Waals surface area contributed by atoms with Crippen LogP contribution in [0.15, 0.2) is 64.2 Å². The quantitative estimate of drug-likeness (QED) is 0.427. The van der Waals surface area contributed by atoms with Gasteiger partial charge in [-0.15, -0.1) is 0 Å². The van der Waals surface area contributed by atoms with E-state index >= 15 is 0 Å². The predicted molar refractivity (Wildman–Crippen MR) is 137 cm³/mol. The van der Waals surface area contributed by atoms with Crippen LogP contribution in [0.1, 0.15) is 0 Å². The van der Waals surface area contributed by atoms with Crippen molar-refractivity contribution in [1.29, 1.82) is 0 Å². The highest BCUT2D eigenvalue weighted by Crippen LogP contribution is 2.28. The summed E-state index contributed by atoms with van der Waals surface area (Å²) >= 11 is 0. The standard InChI is InChI=1S/C26H29N5O4/c1-34-19-9-7-18(8-10-19)20-17-21-24(27-20)25(32)31(26(33)28-21)16-13-29-11-14-30(15-12-29)22-5-3-4-6-23(22)35-2/h3-10,17,27H,11-16H2,1-2H3,(H,28,33). The summed E-state index contributed by atoms with van der Waals surface area (Å²) in [6, 6.07) is 17.3. The Balaban J connectivity index is 1.28. The number of hydrogen-bond acceptors (Lipinski definition) is 6. The predicted octanol–water partition coefficient (Wildman–Crippen LogP) is 2.52. The van der Waals surface area contributed by atoms with Crippen molar-refractivity contribution >= 4 is 16.7 Å². The summed E-state index contributed by atoms with van der Waals surface area (Å²) in [6.07, 6.45) is 0. The average molecular weight is 476 g/mol. The van der Waals surface area contributed by atoms with Gasteiger partial charge in [0.1, 0.15) is 17.0 Å². The van der Waals surface area contributed by atoms with Gasteiger partial charge in [-0.05, 0) is 48.0 Å². The van der Waals surface area contributed by atoms with Crippen LogP contribution in [0.25, 0.3) is 22.3 Å². The molecule has 1 aliphatic rings. The lowest BCUT2D eigenvalue weighted by molar-refractivity contribution is 0.245. The second kappa shape index (κ2) is 9.71. The SMILES string of the molecule is COc1ccc(-c2cc3[nH]c(=O)n(CCN4CCN(c5ccccc5OC)CC4)c(=O)c3[nH]2)cc1. The van der Waals surface area contributed by atoms with Crippen molar-refractivity contribution in [2.45, 2.75) is 6.54 Å². The first kappa shape index (κ1) is 22.8. The lowest BCUT2D eigenvalue weighted by atomic mass is 10.1. The summed E-state index contributed by atoms with van der Waals surface area (Å²) in [6.45, 7) is 4.35. The molecule has 5 rings (SSSR count). The number of benzene rings is 2. The van der Waals surface area contributed by atoms with Crippen LogP contribution in [0.2, 0.25) is 0 Å². The number of nitrogens with one attached hydrogen (secondary N) is 2. The van der Waals surface area contributed by atoms with E-state index in [1.807, 2.05) is 42.5 Å². The molecule has 182 valence electrons. The zero-order chi connectivity index (χ0) is 24.4. The van der Waals surface area contributed by atoms with E-state index in [1.54, 1.807) is 20.3 Å². The molecule has 35 heavy (non-hydrogen) atoms. The van der Waals surface area contributed by atoms with Gasteiger partial charge in [-0.1, -0.05) is 12.1 Å². The summed E-state index contributed by atoms with van der Waals surface area (Å²) in [5.74, 6) is 1.62. The van der Waals surface area contributed by atoms with E-state index in [1.165, 1.54) is 4.57 Å². The lowest BCUT2D eigenvalue weighted by Gasteiger charge is -2.36. The Bertz CT molecular complexity index is 1430. The number of para-hydroxylation sites is 2. The molecule has 2 N–H and O–H groups in total. The summed E-state index contributed by atoms with van der Waals surface area (Å²) < 4.78 is 12.0. The molecule has 0 aliphatic carbocycles. The molecule has 1 aliphatic heterocycles. The average Bonchev–Trinajstić information content (AvgIpc) is 3.33. The van der Waals surface area contributed by atoms with E-state index in [9.17, 15) is 9.59 Å². The van der Waals surface area contributed by atoms with E-state index in [0.29, 0.717) is 24.1 Å². The molecule has 4 aromatic rings. The maximum atomic E-state index is 13.1. The number of hydrogen-bond donors (Lipinski definition) is 2. The number of H-pyrrole nitrogens is 2. The number of anilines is 1. The van der Waals surface area contributed by atoms with Crippen LogP contribution in [0.3, 0.4) is 0 Å². The highest BCUT2D eigenvalue weighted by Gasteiger charge is 2.20. The van der Waals surface area contributed by atoms with E-state index in [0.717, 1.165) is 54.6 Å². The fraction of sp³-hybridized carbons (Fsp3) is 0.308. The van der Waals surface area contributed by atoms with Crippen molar-refractivity contribution < 1.29 is 9.47 Å². The van der Waals surface area contributed by atoms with Gasteiger partial charge >= 0.3 is 5.69 Å². The molecule has 0 amide bonds. The minimum atomic E-state index is -0.393. The summed E-state index contributed by atoms with van der Waals surface area (Å²) in [7, 11) is 3.30. The summed E-state index contributed by atoms with van der Waals surface area (Å²) in [4.78, 5) is 36.4. The zero-order valence-electron chi connectivity index (χ0n) is 19.9. The Morgan fingerprint density at radius 2 is 1.60 bits per heavy atom.